The first kappa shape index (κ1) is 18.7. The predicted octanol–water partition coefficient (Wildman–Crippen LogP) is 2.43. The van der Waals surface area contributed by atoms with Gasteiger partial charge < -0.3 is 15.0 Å². The number of hydrogen-bond donors (Lipinski definition) is 2. The van der Waals surface area contributed by atoms with E-state index in [0.717, 1.165) is 10.1 Å². The molecule has 3 aromatic heterocycles. The van der Waals surface area contributed by atoms with E-state index in [0.29, 0.717) is 43.1 Å². The normalized spacial score (nSPS) is 17.4. The number of aromatic amines is 1. The van der Waals surface area contributed by atoms with Gasteiger partial charge in [-0.3, -0.25) is 0 Å². The topological polar surface area (TPSA) is 95.2 Å². The number of H-pyrrole nitrogens is 1. The number of fused-ring (bicyclic) bond motifs is 1. The van der Waals surface area contributed by atoms with Gasteiger partial charge in [0.25, 0.3) is 5.82 Å². The fourth-order valence-corrected chi connectivity index (χ4v) is 3.68. The van der Waals surface area contributed by atoms with Gasteiger partial charge in [0.15, 0.2) is 11.5 Å². The van der Waals surface area contributed by atoms with Gasteiger partial charge in [0.1, 0.15) is 11.9 Å². The lowest BCUT2D eigenvalue weighted by atomic mass is 9.90. The first-order valence-electron chi connectivity index (χ1n) is 8.99. The molecule has 1 unspecified atom stereocenters. The van der Waals surface area contributed by atoms with E-state index in [2.05, 4.69) is 25.3 Å². The smallest absolute Gasteiger partial charge is 0.385 e. The number of alkyl halides is 3. The van der Waals surface area contributed by atoms with E-state index in [1.165, 1.54) is 0 Å². The predicted molar refractivity (Wildman–Crippen MR) is 93.7 cm³/mol. The summed E-state index contributed by atoms with van der Waals surface area (Å²) >= 11 is 0. The van der Waals surface area contributed by atoms with Crippen molar-refractivity contribution in [2.75, 3.05) is 18.0 Å². The second kappa shape index (κ2) is 6.73. The molecule has 150 valence electrons. The van der Waals surface area contributed by atoms with Gasteiger partial charge in [-0.05, 0) is 32.6 Å². The van der Waals surface area contributed by atoms with Crippen molar-refractivity contribution in [3.63, 3.8) is 0 Å². The third-order valence-corrected chi connectivity index (χ3v) is 5.41. The monoisotopic (exact) mass is 395 g/mol. The molecular weight excluding hydrogens is 375 g/mol. The van der Waals surface area contributed by atoms with Crippen molar-refractivity contribution in [1.82, 2.24) is 29.8 Å². The molecule has 0 spiro atoms. The van der Waals surface area contributed by atoms with Gasteiger partial charge in [-0.15, -0.1) is 15.3 Å². The van der Waals surface area contributed by atoms with Crippen LogP contribution in [-0.2, 0) is 6.18 Å². The standard InChI is InChI=1S/C17H20F3N7O/c1-9-10(2)15(25-27-14(9)23-24-16(27)17(18,19)20)26-7-3-11(4-8-26)12(28)13-21-5-6-22-13/h5-6,11-12,28H,3-4,7-8H2,1-2H3,(H,21,22). The molecule has 4 rings (SSSR count). The average Bonchev–Trinajstić information content (AvgIpc) is 3.33. The van der Waals surface area contributed by atoms with Gasteiger partial charge >= 0.3 is 6.18 Å². The van der Waals surface area contributed by atoms with Crippen LogP contribution in [0.2, 0.25) is 0 Å². The Morgan fingerprint density at radius 3 is 2.50 bits per heavy atom. The van der Waals surface area contributed by atoms with Crippen molar-refractivity contribution < 1.29 is 18.3 Å². The number of halogens is 3. The molecule has 1 saturated heterocycles. The van der Waals surface area contributed by atoms with Crippen molar-refractivity contribution in [2.24, 2.45) is 5.92 Å². The third-order valence-electron chi connectivity index (χ3n) is 5.41. The number of hydrogen-bond acceptors (Lipinski definition) is 6. The van der Waals surface area contributed by atoms with Gasteiger partial charge in [-0.25, -0.2) is 4.98 Å². The summed E-state index contributed by atoms with van der Waals surface area (Å²) in [5.74, 6) is -0.0891. The van der Waals surface area contributed by atoms with E-state index >= 15 is 0 Å². The summed E-state index contributed by atoms with van der Waals surface area (Å²) in [4.78, 5) is 8.97. The van der Waals surface area contributed by atoms with E-state index in [1.54, 1.807) is 19.3 Å². The Labute approximate surface area is 158 Å². The fourth-order valence-electron chi connectivity index (χ4n) is 3.68. The molecule has 4 heterocycles. The van der Waals surface area contributed by atoms with Crippen molar-refractivity contribution in [2.45, 2.75) is 39.0 Å². The van der Waals surface area contributed by atoms with Crippen LogP contribution in [0, 0.1) is 19.8 Å². The summed E-state index contributed by atoms with van der Waals surface area (Å²) in [6.45, 7) is 4.69. The highest BCUT2D eigenvalue weighted by atomic mass is 19.4. The molecular formula is C17H20F3N7O. The SMILES string of the molecule is Cc1c(N2CCC(C(O)c3ncc[nH]3)CC2)nn2c(C(F)(F)F)nnc2c1C. The highest BCUT2D eigenvalue weighted by Gasteiger charge is 2.38. The van der Waals surface area contributed by atoms with Crippen molar-refractivity contribution in [3.8, 4) is 0 Å². The number of aliphatic hydroxyl groups is 1. The number of aliphatic hydroxyl groups excluding tert-OH is 1. The van der Waals surface area contributed by atoms with Crippen LogP contribution in [0.4, 0.5) is 19.0 Å². The molecule has 2 N–H and O–H groups in total. The van der Waals surface area contributed by atoms with Crippen molar-refractivity contribution in [1.29, 1.82) is 0 Å². The summed E-state index contributed by atoms with van der Waals surface area (Å²) in [6, 6.07) is 0. The van der Waals surface area contributed by atoms with E-state index in [-0.39, 0.29) is 11.6 Å². The van der Waals surface area contributed by atoms with Crippen molar-refractivity contribution >= 4 is 11.5 Å². The molecule has 8 nitrogen and oxygen atoms in total. The number of nitrogens with zero attached hydrogens (tertiary/aromatic N) is 6. The molecule has 3 aromatic rings. The lowest BCUT2D eigenvalue weighted by Gasteiger charge is -2.35. The molecule has 28 heavy (non-hydrogen) atoms. The number of nitrogens with one attached hydrogen (secondary N) is 1. The van der Waals surface area contributed by atoms with Gasteiger partial charge in [0.2, 0.25) is 0 Å². The number of anilines is 1. The van der Waals surface area contributed by atoms with Gasteiger partial charge in [-0.1, -0.05) is 0 Å². The zero-order valence-corrected chi connectivity index (χ0v) is 15.4. The molecule has 1 aliphatic heterocycles. The molecule has 0 radical (unpaired) electrons. The van der Waals surface area contributed by atoms with Crippen molar-refractivity contribution in [3.05, 3.63) is 35.2 Å². The summed E-state index contributed by atoms with van der Waals surface area (Å²) in [5.41, 5.74) is 1.50. The van der Waals surface area contributed by atoms with Crippen LogP contribution in [0.15, 0.2) is 12.4 Å². The highest BCUT2D eigenvalue weighted by molar-refractivity contribution is 5.59. The first-order valence-corrected chi connectivity index (χ1v) is 8.99. The molecule has 1 atom stereocenters. The maximum atomic E-state index is 13.2. The Balaban J connectivity index is 1.60. The van der Waals surface area contributed by atoms with Crippen LogP contribution in [0.1, 0.15) is 41.7 Å². The van der Waals surface area contributed by atoms with Gasteiger partial charge in [-0.2, -0.15) is 17.7 Å². The lowest BCUT2D eigenvalue weighted by Crippen LogP contribution is -2.37. The highest BCUT2D eigenvalue weighted by Crippen LogP contribution is 2.34. The Bertz CT molecular complexity index is 975. The largest absolute Gasteiger partial charge is 0.453 e. The van der Waals surface area contributed by atoms with E-state index in [1.807, 2.05) is 11.8 Å². The Morgan fingerprint density at radius 1 is 1.18 bits per heavy atom. The van der Waals surface area contributed by atoms with E-state index in [4.69, 9.17) is 0 Å². The zero-order chi connectivity index (χ0) is 20.1. The van der Waals surface area contributed by atoms with Gasteiger partial charge in [0.05, 0.1) is 0 Å². The maximum absolute atomic E-state index is 13.2. The summed E-state index contributed by atoms with van der Waals surface area (Å²) in [7, 11) is 0. The van der Waals surface area contributed by atoms with Gasteiger partial charge in [0, 0.05) is 36.6 Å². The maximum Gasteiger partial charge on any atom is 0.453 e. The minimum Gasteiger partial charge on any atom is -0.385 e. The Morgan fingerprint density at radius 2 is 1.89 bits per heavy atom. The molecule has 0 amide bonds. The number of aromatic nitrogens is 6. The molecule has 0 aromatic carbocycles. The second-order valence-corrected chi connectivity index (χ2v) is 7.07. The number of imidazole rings is 1. The molecule has 1 aliphatic rings. The molecule has 0 aliphatic carbocycles. The van der Waals surface area contributed by atoms with Crippen LogP contribution < -0.4 is 4.90 Å². The van der Waals surface area contributed by atoms with Crippen LogP contribution in [-0.4, -0.2) is 48.0 Å². The summed E-state index contributed by atoms with van der Waals surface area (Å²) in [5, 5.41) is 21.6. The summed E-state index contributed by atoms with van der Waals surface area (Å²) in [6.07, 6.45) is -0.717. The van der Waals surface area contributed by atoms with Crippen LogP contribution >= 0.6 is 0 Å². The molecule has 11 heteroatoms. The first-order chi connectivity index (χ1) is 13.3. The lowest BCUT2D eigenvalue weighted by molar-refractivity contribution is -0.146. The molecule has 0 saturated carbocycles. The quantitative estimate of drug-likeness (QED) is 0.707. The number of aryl methyl sites for hydroxylation is 1. The number of piperidine rings is 1. The molecule has 0 bridgehead atoms. The summed E-state index contributed by atoms with van der Waals surface area (Å²) < 4.78 is 40.4. The van der Waals surface area contributed by atoms with E-state index in [9.17, 15) is 18.3 Å². The minimum atomic E-state index is -4.63. The second-order valence-electron chi connectivity index (χ2n) is 7.07. The Kier molecular flexibility index (Phi) is 4.48. The van der Waals surface area contributed by atoms with Crippen LogP contribution in [0.5, 0.6) is 0 Å². The van der Waals surface area contributed by atoms with Crippen LogP contribution in [0.3, 0.4) is 0 Å². The zero-order valence-electron chi connectivity index (χ0n) is 15.4. The fraction of sp³-hybridized carbons (Fsp3) is 0.529. The van der Waals surface area contributed by atoms with Crippen LogP contribution in [0.25, 0.3) is 5.65 Å². The third kappa shape index (κ3) is 3.09. The minimum absolute atomic E-state index is 0.0215. The average molecular weight is 395 g/mol. The molecule has 1 fully saturated rings. The van der Waals surface area contributed by atoms with E-state index < -0.39 is 18.1 Å². The number of rotatable bonds is 3. The Hall–Kier alpha value is -2.69.